The first kappa shape index (κ1) is 20.9. The number of hydrogen-bond donors (Lipinski definition) is 0. The van der Waals surface area contributed by atoms with Gasteiger partial charge in [-0.15, -0.1) is 0 Å². The molecule has 3 aromatic rings. The van der Waals surface area contributed by atoms with Gasteiger partial charge in [0.2, 0.25) is 20.0 Å². The van der Waals surface area contributed by atoms with Crippen molar-refractivity contribution in [3.05, 3.63) is 46.4 Å². The van der Waals surface area contributed by atoms with Crippen molar-refractivity contribution in [2.45, 2.75) is 9.79 Å². The van der Waals surface area contributed by atoms with Crippen molar-refractivity contribution in [1.82, 2.24) is 17.4 Å². The average Bonchev–Trinajstić information content (AvgIpc) is 3.18. The van der Waals surface area contributed by atoms with Gasteiger partial charge in [-0.3, -0.25) is 0 Å². The van der Waals surface area contributed by atoms with E-state index < -0.39 is 20.0 Å². The summed E-state index contributed by atoms with van der Waals surface area (Å²) in [6.45, 7) is 0.00674. The zero-order chi connectivity index (χ0) is 20.8. The minimum atomic E-state index is -3.90. The Labute approximate surface area is 182 Å². The van der Waals surface area contributed by atoms with E-state index in [-0.39, 0.29) is 46.0 Å². The molecule has 0 radical (unpaired) electrons. The summed E-state index contributed by atoms with van der Waals surface area (Å²) in [5.41, 5.74) is 0.825. The molecule has 1 aromatic heterocycles. The van der Waals surface area contributed by atoms with Crippen LogP contribution < -0.4 is 0 Å². The van der Waals surface area contributed by atoms with E-state index >= 15 is 0 Å². The zero-order valence-corrected chi connectivity index (χ0v) is 18.7. The highest BCUT2D eigenvalue weighted by Crippen LogP contribution is 2.30. The summed E-state index contributed by atoms with van der Waals surface area (Å²) in [4.78, 5) is -0.0285. The molecule has 0 aliphatic carbocycles. The second-order valence-corrected chi connectivity index (χ2v) is 11.5. The Morgan fingerprint density at radius 1 is 0.828 bits per heavy atom. The Balaban J connectivity index is 1.58. The molecular formula is C16H14Cl2N4O4S3. The normalized spacial score (nSPS) is 17.0. The minimum absolute atomic E-state index is 0.00427. The van der Waals surface area contributed by atoms with Gasteiger partial charge in [-0.2, -0.15) is 17.4 Å². The summed E-state index contributed by atoms with van der Waals surface area (Å²) in [5, 5.41) is 0.311. The molecule has 1 aliphatic rings. The van der Waals surface area contributed by atoms with Crippen LogP contribution in [0.1, 0.15) is 0 Å². The van der Waals surface area contributed by atoms with Crippen LogP contribution in [0, 0.1) is 0 Å². The van der Waals surface area contributed by atoms with E-state index in [0.29, 0.717) is 11.0 Å². The van der Waals surface area contributed by atoms with Gasteiger partial charge in [0, 0.05) is 31.2 Å². The molecule has 1 fully saturated rings. The fourth-order valence-corrected chi connectivity index (χ4v) is 7.43. The topological polar surface area (TPSA) is 101 Å². The second-order valence-electron chi connectivity index (χ2n) is 6.27. The van der Waals surface area contributed by atoms with Crippen molar-refractivity contribution in [1.29, 1.82) is 0 Å². The van der Waals surface area contributed by atoms with Crippen LogP contribution >= 0.6 is 34.9 Å². The molecule has 0 atom stereocenters. The maximum Gasteiger partial charge on any atom is 0.245 e. The zero-order valence-electron chi connectivity index (χ0n) is 14.7. The molecule has 0 spiro atoms. The number of benzene rings is 2. The number of hydrogen-bond acceptors (Lipinski definition) is 7. The van der Waals surface area contributed by atoms with E-state index in [0.717, 1.165) is 11.7 Å². The molecule has 4 rings (SSSR count). The van der Waals surface area contributed by atoms with Crippen LogP contribution in [0.2, 0.25) is 10.0 Å². The van der Waals surface area contributed by atoms with Crippen LogP contribution in [0.5, 0.6) is 0 Å². The predicted molar refractivity (Wildman–Crippen MR) is 111 cm³/mol. The number of fused-ring (bicyclic) bond motifs is 1. The Hall–Kier alpha value is -1.34. The highest BCUT2D eigenvalue weighted by molar-refractivity contribution is 7.89. The Morgan fingerprint density at radius 2 is 1.45 bits per heavy atom. The Morgan fingerprint density at radius 3 is 2.10 bits per heavy atom. The third kappa shape index (κ3) is 3.76. The third-order valence-corrected chi connectivity index (χ3v) is 9.66. The average molecular weight is 493 g/mol. The number of halogens is 2. The first-order valence-electron chi connectivity index (χ1n) is 8.38. The first-order chi connectivity index (χ1) is 13.7. The lowest BCUT2D eigenvalue weighted by Gasteiger charge is -2.33. The molecule has 13 heteroatoms. The maximum absolute atomic E-state index is 13.1. The smallest absolute Gasteiger partial charge is 0.207 e. The molecule has 0 saturated carbocycles. The lowest BCUT2D eigenvalue weighted by atomic mass is 10.3. The van der Waals surface area contributed by atoms with E-state index in [1.54, 1.807) is 12.1 Å². The molecule has 0 unspecified atom stereocenters. The molecular weight excluding hydrogens is 479 g/mol. The molecule has 1 aliphatic heterocycles. The van der Waals surface area contributed by atoms with Crippen molar-refractivity contribution < 1.29 is 16.8 Å². The highest BCUT2D eigenvalue weighted by atomic mass is 35.5. The summed E-state index contributed by atoms with van der Waals surface area (Å²) in [5.74, 6) is 0. The Kier molecular flexibility index (Phi) is 5.57. The second kappa shape index (κ2) is 7.73. The number of sulfonamides is 2. The van der Waals surface area contributed by atoms with E-state index in [9.17, 15) is 16.8 Å². The summed E-state index contributed by atoms with van der Waals surface area (Å²) < 4.78 is 62.6. The van der Waals surface area contributed by atoms with E-state index in [1.807, 2.05) is 0 Å². The van der Waals surface area contributed by atoms with E-state index in [2.05, 4.69) is 8.75 Å². The van der Waals surface area contributed by atoms with Gasteiger partial charge in [0.15, 0.2) is 0 Å². The molecule has 29 heavy (non-hydrogen) atoms. The molecule has 154 valence electrons. The molecule has 8 nitrogen and oxygen atoms in total. The van der Waals surface area contributed by atoms with Crippen molar-refractivity contribution in [3.8, 4) is 0 Å². The molecule has 0 N–H and O–H groups in total. The van der Waals surface area contributed by atoms with E-state index in [4.69, 9.17) is 23.2 Å². The number of rotatable bonds is 4. The van der Waals surface area contributed by atoms with Crippen molar-refractivity contribution in [2.24, 2.45) is 0 Å². The van der Waals surface area contributed by atoms with Gasteiger partial charge in [0.25, 0.3) is 0 Å². The van der Waals surface area contributed by atoms with Crippen LogP contribution in [0.4, 0.5) is 0 Å². The summed E-state index contributed by atoms with van der Waals surface area (Å²) in [6, 6.07) is 8.99. The Bertz CT molecular complexity index is 1290. The standard InChI is InChI=1S/C16H14Cl2N4O4S3/c17-11-4-5-12(18)15(10-11)29(25,26)22-8-6-21(7-9-22)28(23,24)14-3-1-2-13-16(14)20-27-19-13/h1-5,10H,6-9H2. The lowest BCUT2D eigenvalue weighted by molar-refractivity contribution is 0.273. The van der Waals surface area contributed by atoms with Crippen molar-refractivity contribution in [3.63, 3.8) is 0 Å². The van der Waals surface area contributed by atoms with Crippen LogP contribution in [0.25, 0.3) is 11.0 Å². The van der Waals surface area contributed by atoms with Crippen LogP contribution in [0.15, 0.2) is 46.2 Å². The predicted octanol–water partition coefficient (Wildman–Crippen LogP) is 2.69. The monoisotopic (exact) mass is 492 g/mol. The maximum atomic E-state index is 13.1. The van der Waals surface area contributed by atoms with Gasteiger partial charge in [0.1, 0.15) is 20.8 Å². The highest BCUT2D eigenvalue weighted by Gasteiger charge is 2.35. The third-order valence-electron chi connectivity index (χ3n) is 4.58. The first-order valence-corrected chi connectivity index (χ1v) is 12.7. The van der Waals surface area contributed by atoms with E-state index in [1.165, 1.54) is 32.9 Å². The molecule has 0 amide bonds. The van der Waals surface area contributed by atoms with Gasteiger partial charge in [-0.25, -0.2) is 16.8 Å². The molecule has 0 bridgehead atoms. The molecule has 1 saturated heterocycles. The van der Waals surface area contributed by atoms with Gasteiger partial charge in [-0.1, -0.05) is 29.3 Å². The largest absolute Gasteiger partial charge is 0.245 e. The quantitative estimate of drug-likeness (QED) is 0.554. The summed E-state index contributed by atoms with van der Waals surface area (Å²) in [7, 11) is -7.74. The number of aromatic nitrogens is 2. The van der Waals surface area contributed by atoms with Gasteiger partial charge >= 0.3 is 0 Å². The van der Waals surface area contributed by atoms with Gasteiger partial charge < -0.3 is 0 Å². The molecule has 2 aromatic carbocycles. The summed E-state index contributed by atoms with van der Waals surface area (Å²) in [6.07, 6.45) is 0. The fraction of sp³-hybridized carbons (Fsp3) is 0.250. The minimum Gasteiger partial charge on any atom is -0.207 e. The fourth-order valence-electron chi connectivity index (χ4n) is 3.09. The lowest BCUT2D eigenvalue weighted by Crippen LogP contribution is -2.50. The van der Waals surface area contributed by atoms with Crippen LogP contribution in [-0.2, 0) is 20.0 Å². The van der Waals surface area contributed by atoms with Gasteiger partial charge in [-0.05, 0) is 30.3 Å². The number of nitrogens with zero attached hydrogens (tertiary/aromatic N) is 4. The summed E-state index contributed by atoms with van der Waals surface area (Å²) >= 11 is 12.9. The van der Waals surface area contributed by atoms with Gasteiger partial charge in [0.05, 0.1) is 16.8 Å². The van der Waals surface area contributed by atoms with Crippen LogP contribution in [-0.4, -0.2) is 60.4 Å². The molecule has 2 heterocycles. The van der Waals surface area contributed by atoms with Crippen molar-refractivity contribution in [2.75, 3.05) is 26.2 Å². The SMILES string of the molecule is O=S(=O)(c1cc(Cl)ccc1Cl)N1CCN(S(=O)(=O)c2cccc3nsnc23)CC1. The number of piperazine rings is 1. The van der Waals surface area contributed by atoms with Crippen molar-refractivity contribution >= 4 is 66.0 Å². The van der Waals surface area contributed by atoms with Crippen LogP contribution in [0.3, 0.4) is 0 Å².